The number of methoxy groups -OCH3 is 1. The van der Waals surface area contributed by atoms with Crippen molar-refractivity contribution < 1.29 is 14.6 Å². The molecule has 0 atom stereocenters. The van der Waals surface area contributed by atoms with Crippen molar-refractivity contribution in [2.24, 2.45) is 0 Å². The molecule has 0 radical (unpaired) electrons. The Morgan fingerprint density at radius 3 is 2.55 bits per heavy atom. The molecule has 0 aliphatic rings. The van der Waals surface area contributed by atoms with E-state index in [-0.39, 0.29) is 22.1 Å². The third kappa shape index (κ3) is 3.19. The number of phenols is 1. The van der Waals surface area contributed by atoms with Crippen LogP contribution < -0.4 is 4.74 Å². The first-order valence-electron chi connectivity index (χ1n) is 5.96. The average molecular weight is 289 g/mol. The number of halogens is 1. The highest BCUT2D eigenvalue weighted by molar-refractivity contribution is 6.32. The normalized spacial score (nSPS) is 10.7. The van der Waals surface area contributed by atoms with Crippen molar-refractivity contribution in [3.8, 4) is 11.5 Å². The van der Waals surface area contributed by atoms with E-state index in [0.29, 0.717) is 0 Å². The van der Waals surface area contributed by atoms with E-state index in [1.165, 1.54) is 18.2 Å². The second-order valence-corrected chi connectivity index (χ2v) is 4.51. The van der Waals surface area contributed by atoms with Gasteiger partial charge in [-0.3, -0.25) is 4.79 Å². The van der Waals surface area contributed by atoms with Crippen LogP contribution in [0.5, 0.6) is 11.5 Å². The molecule has 2 aromatic rings. The van der Waals surface area contributed by atoms with Crippen molar-refractivity contribution >= 4 is 23.5 Å². The van der Waals surface area contributed by atoms with Crippen LogP contribution >= 0.6 is 11.6 Å². The zero-order valence-electron chi connectivity index (χ0n) is 10.8. The smallest absolute Gasteiger partial charge is 0.189 e. The molecule has 2 rings (SSSR count). The van der Waals surface area contributed by atoms with Crippen molar-refractivity contribution in [2.75, 3.05) is 7.11 Å². The van der Waals surface area contributed by atoms with E-state index in [1.807, 2.05) is 12.1 Å². The third-order valence-electron chi connectivity index (χ3n) is 2.80. The highest BCUT2D eigenvalue weighted by atomic mass is 35.5. The first kappa shape index (κ1) is 14.2. The molecule has 0 bridgehead atoms. The molecule has 0 aliphatic heterocycles. The van der Waals surface area contributed by atoms with Crippen LogP contribution in [0.15, 0.2) is 48.5 Å². The highest BCUT2D eigenvalue weighted by Gasteiger charge is 2.10. The van der Waals surface area contributed by atoms with Gasteiger partial charge in [0, 0.05) is 0 Å². The average Bonchev–Trinajstić information content (AvgIpc) is 2.48. The van der Waals surface area contributed by atoms with Gasteiger partial charge in [-0.15, -0.1) is 0 Å². The number of allylic oxidation sites excluding steroid dienone is 1. The maximum absolute atomic E-state index is 12.0. The number of ether oxygens (including phenoxy) is 1. The second-order valence-electron chi connectivity index (χ2n) is 4.11. The lowest BCUT2D eigenvalue weighted by Crippen LogP contribution is -1.94. The lowest BCUT2D eigenvalue weighted by Gasteiger charge is -2.02. The van der Waals surface area contributed by atoms with Crippen LogP contribution in [0.2, 0.25) is 5.02 Å². The van der Waals surface area contributed by atoms with Crippen molar-refractivity contribution in [1.29, 1.82) is 0 Å². The predicted octanol–water partition coefficient (Wildman–Crippen LogP) is 3.95. The van der Waals surface area contributed by atoms with Crippen LogP contribution in [0, 0.1) is 0 Å². The summed E-state index contributed by atoms with van der Waals surface area (Å²) in [5, 5.41) is 9.89. The quantitative estimate of drug-likeness (QED) is 0.684. The van der Waals surface area contributed by atoms with Gasteiger partial charge in [0.05, 0.1) is 17.7 Å². The van der Waals surface area contributed by atoms with Crippen molar-refractivity contribution in [1.82, 2.24) is 0 Å². The number of ketones is 1. The summed E-state index contributed by atoms with van der Waals surface area (Å²) in [6, 6.07) is 12.0. The van der Waals surface area contributed by atoms with Crippen LogP contribution in [-0.4, -0.2) is 18.0 Å². The number of aromatic hydroxyl groups is 1. The van der Waals surface area contributed by atoms with Gasteiger partial charge >= 0.3 is 0 Å². The zero-order valence-corrected chi connectivity index (χ0v) is 11.6. The molecule has 0 aromatic heterocycles. The molecule has 0 heterocycles. The summed E-state index contributed by atoms with van der Waals surface area (Å²) in [7, 11) is 1.59. The van der Waals surface area contributed by atoms with E-state index >= 15 is 0 Å². The first-order valence-corrected chi connectivity index (χ1v) is 6.33. The van der Waals surface area contributed by atoms with Crippen LogP contribution in [0.25, 0.3) is 6.08 Å². The Kier molecular flexibility index (Phi) is 4.43. The van der Waals surface area contributed by atoms with Gasteiger partial charge in [-0.25, -0.2) is 0 Å². The Morgan fingerprint density at radius 1 is 1.20 bits per heavy atom. The number of hydrogen-bond donors (Lipinski definition) is 1. The fraction of sp³-hybridized carbons (Fsp3) is 0.0625. The molecular formula is C16H13ClO3. The molecule has 0 aliphatic carbocycles. The van der Waals surface area contributed by atoms with Gasteiger partial charge in [-0.2, -0.15) is 0 Å². The number of carbonyl (C=O) groups is 1. The third-order valence-corrected chi connectivity index (χ3v) is 3.10. The molecule has 102 valence electrons. The van der Waals surface area contributed by atoms with E-state index in [4.69, 9.17) is 16.3 Å². The fourth-order valence-electron chi connectivity index (χ4n) is 1.69. The lowest BCUT2D eigenvalue weighted by atomic mass is 10.1. The van der Waals surface area contributed by atoms with Crippen LogP contribution in [0.1, 0.15) is 15.9 Å². The number of rotatable bonds is 4. The summed E-state index contributed by atoms with van der Waals surface area (Å²) in [6.45, 7) is 0. The molecule has 1 N–H and O–H groups in total. The van der Waals surface area contributed by atoms with E-state index in [0.717, 1.165) is 11.3 Å². The summed E-state index contributed by atoms with van der Waals surface area (Å²) in [5.41, 5.74) is 1.04. The summed E-state index contributed by atoms with van der Waals surface area (Å²) in [4.78, 5) is 12.0. The van der Waals surface area contributed by atoms with Gasteiger partial charge in [0.15, 0.2) is 5.78 Å². The number of hydrogen-bond acceptors (Lipinski definition) is 3. The molecule has 0 amide bonds. The zero-order chi connectivity index (χ0) is 14.5. The number of phenolic OH excluding ortho intramolecular Hbond substituents is 1. The monoisotopic (exact) mass is 288 g/mol. The summed E-state index contributed by atoms with van der Waals surface area (Å²) in [6.07, 6.45) is 3.06. The fourth-order valence-corrected chi connectivity index (χ4v) is 1.87. The maximum atomic E-state index is 12.0. The molecule has 2 aromatic carbocycles. The molecule has 0 unspecified atom stereocenters. The minimum absolute atomic E-state index is 0.161. The Bertz CT molecular complexity index is 645. The largest absolute Gasteiger partial charge is 0.506 e. The molecule has 4 heteroatoms. The summed E-state index contributed by atoms with van der Waals surface area (Å²) in [5.74, 6) is 0.250. The molecule has 0 spiro atoms. The minimum atomic E-state index is -0.305. The summed E-state index contributed by atoms with van der Waals surface area (Å²) < 4.78 is 5.05. The standard InChI is InChI=1S/C16H13ClO3/c1-20-12-8-5-11(6-9-12)7-10-15(18)13-3-2-4-14(17)16(13)19/h2-10,19H,1H3. The van der Waals surface area contributed by atoms with Gasteiger partial charge in [0.1, 0.15) is 11.5 Å². The topological polar surface area (TPSA) is 46.5 Å². The molecule has 0 fully saturated rings. The number of carbonyl (C=O) groups excluding carboxylic acids is 1. The van der Waals surface area contributed by atoms with Gasteiger partial charge < -0.3 is 9.84 Å². The Balaban J connectivity index is 2.18. The van der Waals surface area contributed by atoms with Crippen LogP contribution in [0.3, 0.4) is 0 Å². The highest BCUT2D eigenvalue weighted by Crippen LogP contribution is 2.27. The molecular weight excluding hydrogens is 276 g/mol. The number of para-hydroxylation sites is 1. The van der Waals surface area contributed by atoms with E-state index < -0.39 is 0 Å². The minimum Gasteiger partial charge on any atom is -0.506 e. The maximum Gasteiger partial charge on any atom is 0.189 e. The predicted molar refractivity (Wildman–Crippen MR) is 79.5 cm³/mol. The molecule has 20 heavy (non-hydrogen) atoms. The van der Waals surface area contributed by atoms with Gasteiger partial charge in [0.25, 0.3) is 0 Å². The summed E-state index contributed by atoms with van der Waals surface area (Å²) >= 11 is 5.77. The Hall–Kier alpha value is -2.26. The van der Waals surface area contributed by atoms with Crippen LogP contribution in [-0.2, 0) is 0 Å². The lowest BCUT2D eigenvalue weighted by molar-refractivity contribution is 0.104. The first-order chi connectivity index (χ1) is 9.61. The molecule has 0 saturated heterocycles. The Morgan fingerprint density at radius 2 is 1.90 bits per heavy atom. The number of benzene rings is 2. The molecule has 3 nitrogen and oxygen atoms in total. The van der Waals surface area contributed by atoms with Crippen molar-refractivity contribution in [3.63, 3.8) is 0 Å². The van der Waals surface area contributed by atoms with Crippen molar-refractivity contribution in [3.05, 3.63) is 64.7 Å². The van der Waals surface area contributed by atoms with Gasteiger partial charge in [-0.05, 0) is 35.9 Å². The van der Waals surface area contributed by atoms with Gasteiger partial charge in [0.2, 0.25) is 0 Å². The Labute approximate surface area is 122 Å². The molecule has 0 saturated carbocycles. The second kappa shape index (κ2) is 6.26. The van der Waals surface area contributed by atoms with E-state index in [9.17, 15) is 9.90 Å². The SMILES string of the molecule is COc1ccc(C=CC(=O)c2cccc(Cl)c2O)cc1. The van der Waals surface area contributed by atoms with E-state index in [2.05, 4.69) is 0 Å². The van der Waals surface area contributed by atoms with Gasteiger partial charge in [-0.1, -0.05) is 35.9 Å². The van der Waals surface area contributed by atoms with E-state index in [1.54, 1.807) is 31.4 Å². The van der Waals surface area contributed by atoms with Crippen LogP contribution in [0.4, 0.5) is 0 Å². The van der Waals surface area contributed by atoms with Crippen molar-refractivity contribution in [2.45, 2.75) is 0 Å².